The van der Waals surface area contributed by atoms with Gasteiger partial charge in [0.15, 0.2) is 0 Å². The molecule has 1 saturated heterocycles. The second kappa shape index (κ2) is 6.39. The molecule has 1 aromatic carbocycles. The summed E-state index contributed by atoms with van der Waals surface area (Å²) in [6.07, 6.45) is 0. The minimum Gasteiger partial charge on any atom is -0.481 e. The Labute approximate surface area is 132 Å². The van der Waals surface area contributed by atoms with Crippen LogP contribution in [0.5, 0.6) is 0 Å². The van der Waals surface area contributed by atoms with Gasteiger partial charge in [0, 0.05) is 5.69 Å². The molecule has 1 heterocycles. The van der Waals surface area contributed by atoms with Crippen LogP contribution in [0.3, 0.4) is 0 Å². The van der Waals surface area contributed by atoms with Gasteiger partial charge in [-0.15, -0.1) is 11.8 Å². The van der Waals surface area contributed by atoms with E-state index >= 15 is 0 Å². The summed E-state index contributed by atoms with van der Waals surface area (Å²) >= 11 is 1.49. The Balaban J connectivity index is 1.98. The summed E-state index contributed by atoms with van der Waals surface area (Å²) < 4.78 is 0. The molecule has 6 nitrogen and oxygen atoms in total. The van der Waals surface area contributed by atoms with Crippen molar-refractivity contribution in [1.29, 1.82) is 0 Å². The largest absolute Gasteiger partial charge is 0.481 e. The SMILES string of the molecule is CC(C)(C(=O)O)c1ccc(NC(=O)CN2CSCC2=O)cc1. The van der Waals surface area contributed by atoms with Gasteiger partial charge in [0.25, 0.3) is 0 Å². The third-order valence-corrected chi connectivity index (χ3v) is 4.53. The van der Waals surface area contributed by atoms with Crippen LogP contribution in [0.15, 0.2) is 24.3 Å². The number of aliphatic carboxylic acids is 1. The van der Waals surface area contributed by atoms with E-state index in [0.29, 0.717) is 22.9 Å². The van der Waals surface area contributed by atoms with E-state index in [1.54, 1.807) is 38.1 Å². The van der Waals surface area contributed by atoms with Gasteiger partial charge in [-0.25, -0.2) is 0 Å². The first-order valence-corrected chi connectivity index (χ1v) is 7.95. The van der Waals surface area contributed by atoms with E-state index in [-0.39, 0.29) is 18.4 Å². The molecule has 2 rings (SSSR count). The Kier molecular flexibility index (Phi) is 4.75. The molecule has 22 heavy (non-hydrogen) atoms. The summed E-state index contributed by atoms with van der Waals surface area (Å²) in [5, 5.41) is 11.9. The summed E-state index contributed by atoms with van der Waals surface area (Å²) in [6, 6.07) is 6.69. The zero-order valence-electron chi connectivity index (χ0n) is 12.5. The van der Waals surface area contributed by atoms with E-state index in [1.807, 2.05) is 0 Å². The number of nitrogens with one attached hydrogen (secondary N) is 1. The maximum Gasteiger partial charge on any atom is 0.313 e. The fourth-order valence-corrected chi connectivity index (χ4v) is 2.91. The van der Waals surface area contributed by atoms with Crippen molar-refractivity contribution in [2.24, 2.45) is 0 Å². The number of carbonyl (C=O) groups excluding carboxylic acids is 2. The number of thioether (sulfide) groups is 1. The monoisotopic (exact) mass is 322 g/mol. The van der Waals surface area contributed by atoms with Crippen molar-refractivity contribution >= 4 is 35.2 Å². The fraction of sp³-hybridized carbons (Fsp3) is 0.400. The van der Waals surface area contributed by atoms with Gasteiger partial charge in [-0.05, 0) is 31.5 Å². The van der Waals surface area contributed by atoms with Crippen LogP contribution in [0.25, 0.3) is 0 Å². The summed E-state index contributed by atoms with van der Waals surface area (Å²) in [4.78, 5) is 36.0. The molecule has 0 unspecified atom stereocenters. The highest BCUT2D eigenvalue weighted by molar-refractivity contribution is 8.00. The summed E-state index contributed by atoms with van der Waals surface area (Å²) in [5.41, 5.74) is 0.250. The number of amides is 2. The standard InChI is InChI=1S/C15H18N2O4S/c1-15(2,14(20)21)10-3-5-11(6-4-10)16-12(18)7-17-9-22-8-13(17)19/h3-6H,7-9H2,1-2H3,(H,16,18)(H,20,21). The van der Waals surface area contributed by atoms with Crippen LogP contribution >= 0.6 is 11.8 Å². The Hall–Kier alpha value is -2.02. The molecule has 1 fully saturated rings. The average molecular weight is 322 g/mol. The van der Waals surface area contributed by atoms with E-state index in [9.17, 15) is 19.5 Å². The van der Waals surface area contributed by atoms with Crippen LogP contribution in [0.4, 0.5) is 5.69 Å². The second-order valence-corrected chi connectivity index (χ2v) is 6.58. The van der Waals surface area contributed by atoms with Crippen molar-refractivity contribution < 1.29 is 19.5 Å². The number of carbonyl (C=O) groups is 3. The van der Waals surface area contributed by atoms with E-state index in [2.05, 4.69) is 5.32 Å². The maximum atomic E-state index is 11.9. The van der Waals surface area contributed by atoms with Gasteiger partial charge >= 0.3 is 5.97 Å². The molecule has 0 radical (unpaired) electrons. The number of carboxylic acids is 1. The topological polar surface area (TPSA) is 86.7 Å². The molecule has 0 aliphatic carbocycles. The van der Waals surface area contributed by atoms with E-state index in [1.165, 1.54) is 16.7 Å². The van der Waals surface area contributed by atoms with Gasteiger partial charge < -0.3 is 15.3 Å². The Morgan fingerprint density at radius 2 is 1.95 bits per heavy atom. The Morgan fingerprint density at radius 3 is 2.45 bits per heavy atom. The van der Waals surface area contributed by atoms with Gasteiger partial charge in [0.2, 0.25) is 11.8 Å². The predicted octanol–water partition coefficient (Wildman–Crippen LogP) is 1.52. The summed E-state index contributed by atoms with van der Waals surface area (Å²) in [6.45, 7) is 3.29. The smallest absolute Gasteiger partial charge is 0.313 e. The molecule has 1 aliphatic heterocycles. The van der Waals surface area contributed by atoms with Crippen molar-refractivity contribution in [2.45, 2.75) is 19.3 Å². The lowest BCUT2D eigenvalue weighted by Gasteiger charge is -2.20. The minimum atomic E-state index is -0.984. The first kappa shape index (κ1) is 16.4. The number of hydrogen-bond acceptors (Lipinski definition) is 4. The van der Waals surface area contributed by atoms with Gasteiger partial charge in [-0.3, -0.25) is 14.4 Å². The zero-order valence-corrected chi connectivity index (χ0v) is 13.3. The molecule has 0 saturated carbocycles. The van der Waals surface area contributed by atoms with Crippen LogP contribution < -0.4 is 5.32 Å². The maximum absolute atomic E-state index is 11.9. The van der Waals surface area contributed by atoms with Crippen LogP contribution in [-0.4, -0.2) is 46.0 Å². The van der Waals surface area contributed by atoms with Crippen molar-refractivity contribution in [3.8, 4) is 0 Å². The molecule has 2 N–H and O–H groups in total. The first-order valence-electron chi connectivity index (χ1n) is 6.80. The van der Waals surface area contributed by atoms with Crippen LogP contribution in [-0.2, 0) is 19.8 Å². The average Bonchev–Trinajstić information content (AvgIpc) is 2.84. The van der Waals surface area contributed by atoms with Crippen LogP contribution in [0.2, 0.25) is 0 Å². The molecule has 7 heteroatoms. The van der Waals surface area contributed by atoms with Gasteiger partial charge in [0.1, 0.15) is 6.54 Å². The lowest BCUT2D eigenvalue weighted by molar-refractivity contribution is -0.142. The first-order chi connectivity index (χ1) is 10.3. The highest BCUT2D eigenvalue weighted by Gasteiger charge is 2.29. The zero-order chi connectivity index (χ0) is 16.3. The fourth-order valence-electron chi connectivity index (χ4n) is 2.01. The molecule has 0 spiro atoms. The highest BCUT2D eigenvalue weighted by atomic mass is 32.2. The molecule has 0 atom stereocenters. The highest BCUT2D eigenvalue weighted by Crippen LogP contribution is 2.24. The van der Waals surface area contributed by atoms with Crippen molar-refractivity contribution in [2.75, 3.05) is 23.5 Å². The molecule has 1 aromatic rings. The third kappa shape index (κ3) is 3.59. The molecule has 1 aliphatic rings. The summed E-state index contributed by atoms with van der Waals surface area (Å²) in [7, 11) is 0. The molecular formula is C15H18N2O4S. The van der Waals surface area contributed by atoms with Crippen molar-refractivity contribution in [1.82, 2.24) is 4.90 Å². The molecular weight excluding hydrogens is 304 g/mol. The van der Waals surface area contributed by atoms with Crippen LogP contribution in [0.1, 0.15) is 19.4 Å². The number of carboxylic acid groups (broad SMARTS) is 1. The minimum absolute atomic E-state index is 0.0290. The van der Waals surface area contributed by atoms with Crippen molar-refractivity contribution in [3.05, 3.63) is 29.8 Å². The van der Waals surface area contributed by atoms with Gasteiger partial charge in [-0.2, -0.15) is 0 Å². The molecule has 118 valence electrons. The lowest BCUT2D eigenvalue weighted by Crippen LogP contribution is -2.34. The van der Waals surface area contributed by atoms with E-state index < -0.39 is 11.4 Å². The number of benzene rings is 1. The van der Waals surface area contributed by atoms with Crippen LogP contribution in [0, 0.1) is 0 Å². The number of anilines is 1. The number of rotatable bonds is 5. The summed E-state index contributed by atoms with van der Waals surface area (Å²) in [5.74, 6) is -0.237. The van der Waals surface area contributed by atoms with E-state index in [0.717, 1.165) is 0 Å². The molecule has 0 bridgehead atoms. The lowest BCUT2D eigenvalue weighted by atomic mass is 9.85. The van der Waals surface area contributed by atoms with Gasteiger partial charge in [-0.1, -0.05) is 12.1 Å². The normalized spacial score (nSPS) is 15.0. The van der Waals surface area contributed by atoms with E-state index in [4.69, 9.17) is 0 Å². The Morgan fingerprint density at radius 1 is 1.32 bits per heavy atom. The predicted molar refractivity (Wildman–Crippen MR) is 84.8 cm³/mol. The third-order valence-electron chi connectivity index (χ3n) is 3.58. The molecule has 0 aromatic heterocycles. The number of nitrogens with zero attached hydrogens (tertiary/aromatic N) is 1. The second-order valence-electron chi connectivity index (χ2n) is 5.62. The molecule has 2 amide bonds. The van der Waals surface area contributed by atoms with Crippen molar-refractivity contribution in [3.63, 3.8) is 0 Å². The number of hydrogen-bond donors (Lipinski definition) is 2. The quantitative estimate of drug-likeness (QED) is 0.858. The van der Waals surface area contributed by atoms with Gasteiger partial charge in [0.05, 0.1) is 17.0 Å². The Bertz CT molecular complexity index is 598.